The Morgan fingerprint density at radius 1 is 1.41 bits per heavy atom. The average Bonchev–Trinajstić information content (AvgIpc) is 2.97. The molecule has 0 aliphatic carbocycles. The van der Waals surface area contributed by atoms with Crippen molar-refractivity contribution >= 4 is 35.8 Å². The van der Waals surface area contributed by atoms with E-state index in [0.717, 1.165) is 56.3 Å². The fraction of sp³-hybridized carbons (Fsp3) is 0.600. The van der Waals surface area contributed by atoms with Crippen molar-refractivity contribution in [2.24, 2.45) is 10.4 Å². The van der Waals surface area contributed by atoms with E-state index in [-0.39, 0.29) is 35.3 Å². The van der Waals surface area contributed by atoms with E-state index in [9.17, 15) is 4.79 Å². The number of amides is 1. The first-order chi connectivity index (χ1) is 12.5. The summed E-state index contributed by atoms with van der Waals surface area (Å²) in [5, 5.41) is 6.43. The molecule has 2 aliphatic heterocycles. The highest BCUT2D eigenvalue weighted by Gasteiger charge is 2.42. The number of carbonyl (C=O) groups is 1. The predicted octanol–water partition coefficient (Wildman–Crippen LogP) is 2.69. The van der Waals surface area contributed by atoms with E-state index < -0.39 is 0 Å². The molecule has 0 radical (unpaired) electrons. The first-order valence-corrected chi connectivity index (χ1v) is 9.48. The van der Waals surface area contributed by atoms with E-state index in [1.54, 1.807) is 7.11 Å². The smallest absolute Gasteiger partial charge is 0.220 e. The van der Waals surface area contributed by atoms with Gasteiger partial charge in [0.1, 0.15) is 5.75 Å². The molecule has 1 aromatic rings. The maximum atomic E-state index is 11.7. The largest absolute Gasteiger partial charge is 0.497 e. The zero-order valence-corrected chi connectivity index (χ0v) is 18.8. The van der Waals surface area contributed by atoms with Crippen LogP contribution in [0.3, 0.4) is 0 Å². The topological polar surface area (TPSA) is 66.0 Å². The van der Waals surface area contributed by atoms with Crippen LogP contribution in [0, 0.1) is 12.3 Å². The Balaban J connectivity index is 0.00000261. The molecular formula is C20H31IN4O2. The van der Waals surface area contributed by atoms with Crippen molar-refractivity contribution in [2.45, 2.75) is 39.7 Å². The Labute approximate surface area is 179 Å². The average molecular weight is 486 g/mol. The lowest BCUT2D eigenvalue weighted by Crippen LogP contribution is -2.51. The summed E-state index contributed by atoms with van der Waals surface area (Å²) >= 11 is 0. The van der Waals surface area contributed by atoms with E-state index >= 15 is 0 Å². The Hall–Kier alpha value is -1.51. The van der Waals surface area contributed by atoms with Gasteiger partial charge in [0.05, 0.1) is 13.7 Å². The van der Waals surface area contributed by atoms with Gasteiger partial charge in [0.15, 0.2) is 5.96 Å². The number of nitrogens with one attached hydrogen (secondary N) is 2. The van der Waals surface area contributed by atoms with Gasteiger partial charge in [-0.1, -0.05) is 6.07 Å². The van der Waals surface area contributed by atoms with Crippen molar-refractivity contribution < 1.29 is 9.53 Å². The molecule has 2 fully saturated rings. The minimum Gasteiger partial charge on any atom is -0.497 e. The minimum absolute atomic E-state index is 0. The quantitative estimate of drug-likeness (QED) is 0.390. The molecule has 1 atom stereocenters. The second-order valence-corrected chi connectivity index (χ2v) is 7.51. The van der Waals surface area contributed by atoms with Gasteiger partial charge in [0, 0.05) is 38.0 Å². The number of hydrogen-bond acceptors (Lipinski definition) is 3. The van der Waals surface area contributed by atoms with Crippen LogP contribution in [-0.4, -0.2) is 50.1 Å². The third-order valence-corrected chi connectivity index (χ3v) is 5.25. The second kappa shape index (κ2) is 9.61. The van der Waals surface area contributed by atoms with E-state index in [1.165, 1.54) is 5.56 Å². The highest BCUT2D eigenvalue weighted by molar-refractivity contribution is 14.0. The molecule has 7 heteroatoms. The lowest BCUT2D eigenvalue weighted by atomic mass is 9.79. The molecule has 1 aromatic carbocycles. The molecular weight excluding hydrogens is 455 g/mol. The number of likely N-dealkylation sites (tertiary alicyclic amines) is 1. The van der Waals surface area contributed by atoms with Crippen LogP contribution >= 0.6 is 24.0 Å². The number of aliphatic imine (C=N–C) groups is 1. The molecule has 1 unspecified atom stereocenters. The maximum absolute atomic E-state index is 11.7. The van der Waals surface area contributed by atoms with E-state index in [1.807, 2.05) is 12.1 Å². The summed E-state index contributed by atoms with van der Waals surface area (Å²) in [5.74, 6) is 1.99. The first-order valence-electron chi connectivity index (χ1n) is 9.48. The molecule has 0 aromatic heterocycles. The Morgan fingerprint density at radius 2 is 2.22 bits per heavy atom. The van der Waals surface area contributed by atoms with Crippen molar-refractivity contribution in [1.29, 1.82) is 0 Å². The van der Waals surface area contributed by atoms with Crippen LogP contribution in [-0.2, 0) is 11.3 Å². The number of benzene rings is 1. The van der Waals surface area contributed by atoms with Crippen molar-refractivity contribution in [3.05, 3.63) is 29.3 Å². The summed E-state index contributed by atoms with van der Waals surface area (Å²) in [4.78, 5) is 18.9. The summed E-state index contributed by atoms with van der Waals surface area (Å²) in [6.07, 6.45) is 2.84. The molecule has 6 nitrogen and oxygen atoms in total. The standard InChI is InChI=1S/C20H30N4O2.HI/c1-4-21-19(22-12-16-8-15(2)9-17(10-16)26-3)24-7-5-6-20(14-24)11-18(25)23-13-20;/h8-10H,4-7,11-14H2,1-3H3,(H,21,22)(H,23,25);1H. The van der Waals surface area contributed by atoms with Crippen LogP contribution in [0.15, 0.2) is 23.2 Å². The SMILES string of the molecule is CCNC(=NCc1cc(C)cc(OC)c1)N1CCCC2(CNC(=O)C2)C1.I. The van der Waals surface area contributed by atoms with Crippen LogP contribution in [0.25, 0.3) is 0 Å². The van der Waals surface area contributed by atoms with E-state index in [4.69, 9.17) is 9.73 Å². The van der Waals surface area contributed by atoms with Gasteiger partial charge in [-0.15, -0.1) is 24.0 Å². The van der Waals surface area contributed by atoms with Crippen LogP contribution in [0.5, 0.6) is 5.75 Å². The molecule has 2 saturated heterocycles. The van der Waals surface area contributed by atoms with Gasteiger partial charge in [-0.05, 0) is 49.9 Å². The van der Waals surface area contributed by atoms with Crippen LogP contribution in [0.4, 0.5) is 0 Å². The van der Waals surface area contributed by atoms with Crippen molar-refractivity contribution in [3.8, 4) is 5.75 Å². The van der Waals surface area contributed by atoms with E-state index in [2.05, 4.69) is 35.4 Å². The van der Waals surface area contributed by atoms with Crippen LogP contribution in [0.1, 0.15) is 37.3 Å². The molecule has 1 spiro atoms. The lowest BCUT2D eigenvalue weighted by molar-refractivity contribution is -0.119. The number of rotatable bonds is 4. The number of guanidine groups is 1. The fourth-order valence-corrected chi connectivity index (χ4v) is 4.05. The number of methoxy groups -OCH3 is 1. The Kier molecular flexibility index (Phi) is 7.76. The first kappa shape index (κ1) is 21.8. The van der Waals surface area contributed by atoms with Crippen molar-refractivity contribution in [3.63, 3.8) is 0 Å². The van der Waals surface area contributed by atoms with Crippen LogP contribution in [0.2, 0.25) is 0 Å². The highest BCUT2D eigenvalue weighted by Crippen LogP contribution is 2.36. The minimum atomic E-state index is 0. The number of ether oxygens (including phenoxy) is 1. The van der Waals surface area contributed by atoms with Gasteiger partial charge < -0.3 is 20.3 Å². The fourth-order valence-electron chi connectivity index (χ4n) is 4.05. The summed E-state index contributed by atoms with van der Waals surface area (Å²) in [5.41, 5.74) is 2.38. The summed E-state index contributed by atoms with van der Waals surface area (Å²) in [6, 6.07) is 6.21. The maximum Gasteiger partial charge on any atom is 0.220 e. The molecule has 0 saturated carbocycles. The van der Waals surface area contributed by atoms with E-state index in [0.29, 0.717) is 13.0 Å². The van der Waals surface area contributed by atoms with Gasteiger partial charge in [0.2, 0.25) is 5.91 Å². The monoisotopic (exact) mass is 486 g/mol. The Morgan fingerprint density at radius 3 is 2.89 bits per heavy atom. The molecule has 2 N–H and O–H groups in total. The zero-order valence-electron chi connectivity index (χ0n) is 16.5. The third-order valence-electron chi connectivity index (χ3n) is 5.25. The second-order valence-electron chi connectivity index (χ2n) is 7.51. The van der Waals surface area contributed by atoms with Gasteiger partial charge in [-0.2, -0.15) is 0 Å². The number of halogens is 1. The predicted molar refractivity (Wildman–Crippen MR) is 119 cm³/mol. The van der Waals surface area contributed by atoms with Crippen molar-refractivity contribution in [2.75, 3.05) is 33.3 Å². The number of nitrogens with zero attached hydrogens (tertiary/aromatic N) is 2. The van der Waals surface area contributed by atoms with Gasteiger partial charge in [-0.25, -0.2) is 4.99 Å². The number of aryl methyl sites for hydroxylation is 1. The van der Waals surface area contributed by atoms with Crippen molar-refractivity contribution in [1.82, 2.24) is 15.5 Å². The zero-order chi connectivity index (χ0) is 18.6. The molecule has 3 rings (SSSR count). The number of carbonyl (C=O) groups excluding carboxylic acids is 1. The number of hydrogen-bond donors (Lipinski definition) is 2. The number of piperidine rings is 1. The normalized spacial score (nSPS) is 22.4. The summed E-state index contributed by atoms with van der Waals surface area (Å²) < 4.78 is 5.37. The summed E-state index contributed by atoms with van der Waals surface area (Å²) in [7, 11) is 1.69. The molecule has 1 amide bonds. The summed E-state index contributed by atoms with van der Waals surface area (Å²) in [6.45, 7) is 8.26. The Bertz CT molecular complexity index is 695. The molecule has 2 heterocycles. The molecule has 2 aliphatic rings. The third kappa shape index (κ3) is 5.49. The molecule has 150 valence electrons. The van der Waals surface area contributed by atoms with Gasteiger partial charge in [-0.3, -0.25) is 4.79 Å². The highest BCUT2D eigenvalue weighted by atomic mass is 127. The molecule has 0 bridgehead atoms. The lowest BCUT2D eigenvalue weighted by Gasteiger charge is -2.40. The van der Waals surface area contributed by atoms with Crippen LogP contribution < -0.4 is 15.4 Å². The molecule has 27 heavy (non-hydrogen) atoms. The van der Waals surface area contributed by atoms with Gasteiger partial charge >= 0.3 is 0 Å². The van der Waals surface area contributed by atoms with Gasteiger partial charge in [0.25, 0.3) is 0 Å².